The number of likely N-dealkylation sites (N-methyl/N-ethyl adjacent to an activating group) is 1. The van der Waals surface area contributed by atoms with Crippen LogP contribution in [0.4, 0.5) is 0 Å². The topological polar surface area (TPSA) is 0 Å². The third kappa shape index (κ3) is 6.17. The smallest absolute Gasteiger partial charge is 0.0985 e. The van der Waals surface area contributed by atoms with Crippen LogP contribution in [0.5, 0.6) is 0 Å². The average Bonchev–Trinajstić information content (AvgIpc) is 2.42. The lowest BCUT2D eigenvalue weighted by Gasteiger charge is -2.30. The summed E-state index contributed by atoms with van der Waals surface area (Å²) in [6.07, 6.45) is 6.77. The number of halogens is 1. The summed E-state index contributed by atoms with van der Waals surface area (Å²) in [4.78, 5) is 0. The Morgan fingerprint density at radius 3 is 1.83 bits per heavy atom. The van der Waals surface area contributed by atoms with Crippen LogP contribution in [0.3, 0.4) is 0 Å². The summed E-state index contributed by atoms with van der Waals surface area (Å²) >= 11 is 3.65. The normalized spacial score (nSPS) is 14.5. The zero-order chi connectivity index (χ0) is 14.2. The first-order valence-corrected chi connectivity index (χ1v) is 7.86. The summed E-state index contributed by atoms with van der Waals surface area (Å²) in [5.74, 6) is 0. The Kier molecular flexibility index (Phi) is 8.08. The molecule has 0 bridgehead atoms. The molecule has 0 atom stereocenters. The monoisotopic (exact) mass is 318 g/mol. The number of rotatable bonds is 8. The van der Waals surface area contributed by atoms with Gasteiger partial charge in [0.2, 0.25) is 0 Å². The summed E-state index contributed by atoms with van der Waals surface area (Å²) in [5.41, 5.74) is 0. The molecule has 0 heterocycles. The van der Waals surface area contributed by atoms with E-state index in [9.17, 15) is 0 Å². The number of hydrogen-bond acceptors (Lipinski definition) is 0. The minimum Gasteiger partial charge on any atom is -0.323 e. The molecular formula is C15H31BrN2+2. The molecule has 3 heteroatoms. The highest BCUT2D eigenvalue weighted by Crippen LogP contribution is 2.12. The van der Waals surface area contributed by atoms with Crippen molar-refractivity contribution in [3.8, 4) is 0 Å². The van der Waals surface area contributed by atoms with Crippen LogP contribution in [-0.2, 0) is 0 Å². The lowest BCUT2D eigenvalue weighted by molar-refractivity contribution is -0.900. The van der Waals surface area contributed by atoms with E-state index < -0.39 is 0 Å². The molecular weight excluding hydrogens is 288 g/mol. The molecule has 0 amide bonds. The zero-order valence-electron chi connectivity index (χ0n) is 13.0. The third-order valence-corrected chi connectivity index (χ3v) is 4.88. The van der Waals surface area contributed by atoms with Gasteiger partial charge in [-0.15, -0.1) is 0 Å². The largest absolute Gasteiger partial charge is 0.323 e. The molecule has 0 aliphatic heterocycles. The molecule has 0 aliphatic carbocycles. The van der Waals surface area contributed by atoms with Crippen LogP contribution in [0.1, 0.15) is 27.7 Å². The predicted molar refractivity (Wildman–Crippen MR) is 85.5 cm³/mol. The van der Waals surface area contributed by atoms with Crippen molar-refractivity contribution in [2.24, 2.45) is 0 Å². The van der Waals surface area contributed by atoms with Gasteiger partial charge in [-0.1, -0.05) is 15.9 Å². The van der Waals surface area contributed by atoms with Crippen molar-refractivity contribution in [1.82, 2.24) is 0 Å². The fraction of sp³-hybridized carbons (Fsp3) is 0.733. The molecule has 0 rings (SSSR count). The van der Waals surface area contributed by atoms with Gasteiger partial charge in [-0.05, 0) is 33.8 Å². The van der Waals surface area contributed by atoms with Crippen molar-refractivity contribution in [1.29, 1.82) is 0 Å². The van der Waals surface area contributed by atoms with E-state index in [4.69, 9.17) is 0 Å². The van der Waals surface area contributed by atoms with Gasteiger partial charge >= 0.3 is 0 Å². The van der Waals surface area contributed by atoms with Gasteiger partial charge in [-0.2, -0.15) is 0 Å². The highest BCUT2D eigenvalue weighted by atomic mass is 79.9. The highest BCUT2D eigenvalue weighted by Gasteiger charge is 2.14. The fourth-order valence-electron chi connectivity index (χ4n) is 1.54. The van der Waals surface area contributed by atoms with E-state index in [2.05, 4.69) is 76.1 Å². The maximum absolute atomic E-state index is 3.65. The summed E-state index contributed by atoms with van der Waals surface area (Å²) in [5, 5.41) is 0. The predicted octanol–water partition coefficient (Wildman–Crippen LogP) is 3.75. The first-order chi connectivity index (χ1) is 8.34. The Morgan fingerprint density at radius 2 is 1.44 bits per heavy atom. The maximum Gasteiger partial charge on any atom is 0.0985 e. The molecule has 0 radical (unpaired) electrons. The minimum absolute atomic E-state index is 0.983. The van der Waals surface area contributed by atoms with Crippen molar-refractivity contribution in [2.75, 3.05) is 46.8 Å². The van der Waals surface area contributed by atoms with Crippen LogP contribution < -0.4 is 0 Å². The summed E-state index contributed by atoms with van der Waals surface area (Å²) < 4.78 is 3.27. The number of allylic oxidation sites excluding steroid dienone is 2. The molecule has 0 saturated carbocycles. The van der Waals surface area contributed by atoms with Crippen LogP contribution in [0, 0.1) is 0 Å². The van der Waals surface area contributed by atoms with Gasteiger partial charge in [0.25, 0.3) is 0 Å². The van der Waals surface area contributed by atoms with Crippen molar-refractivity contribution in [3.05, 3.63) is 22.8 Å². The van der Waals surface area contributed by atoms with Crippen molar-refractivity contribution in [3.63, 3.8) is 0 Å². The molecule has 0 unspecified atom stereocenters. The van der Waals surface area contributed by atoms with E-state index in [1.54, 1.807) is 0 Å². The van der Waals surface area contributed by atoms with Crippen LogP contribution in [-0.4, -0.2) is 55.8 Å². The first-order valence-electron chi connectivity index (χ1n) is 7.07. The quantitative estimate of drug-likeness (QED) is 0.472. The minimum atomic E-state index is 0.983. The second-order valence-corrected chi connectivity index (χ2v) is 6.37. The fourth-order valence-corrected chi connectivity index (χ4v) is 1.81. The lowest BCUT2D eigenvalue weighted by atomic mass is 10.3. The Balaban J connectivity index is 4.58. The highest BCUT2D eigenvalue weighted by molar-refractivity contribution is 9.11. The van der Waals surface area contributed by atoms with Gasteiger partial charge < -0.3 is 8.97 Å². The van der Waals surface area contributed by atoms with Gasteiger partial charge in [-0.3, -0.25) is 0 Å². The molecule has 0 spiro atoms. The van der Waals surface area contributed by atoms with Crippen LogP contribution in [0.25, 0.3) is 0 Å². The molecule has 0 aliphatic rings. The lowest BCUT2D eigenvalue weighted by Crippen LogP contribution is -2.43. The Labute approximate surface area is 122 Å². The second-order valence-electron chi connectivity index (χ2n) is 5.45. The molecule has 0 saturated heterocycles. The van der Waals surface area contributed by atoms with Crippen LogP contribution >= 0.6 is 15.9 Å². The van der Waals surface area contributed by atoms with E-state index >= 15 is 0 Å². The molecule has 0 N–H and O–H groups in total. The molecule has 0 aromatic carbocycles. The zero-order valence-corrected chi connectivity index (χ0v) is 14.6. The number of hydrogen-bond donors (Lipinski definition) is 0. The standard InChI is InChI=1S/C15H31BrN2/c1-7-17(5,8-2)13-11-15(16)12-14-18(6,9-3)10-4/h11-13H,7-10,14H2,1-6H3/q+2/b13-11+,15-12-. The van der Waals surface area contributed by atoms with Crippen molar-refractivity contribution < 1.29 is 8.97 Å². The van der Waals surface area contributed by atoms with Crippen molar-refractivity contribution >= 4 is 15.9 Å². The molecule has 18 heavy (non-hydrogen) atoms. The Morgan fingerprint density at radius 1 is 0.944 bits per heavy atom. The second kappa shape index (κ2) is 8.13. The Bertz CT molecular complexity index is 287. The van der Waals surface area contributed by atoms with Gasteiger partial charge in [0, 0.05) is 10.6 Å². The van der Waals surface area contributed by atoms with Gasteiger partial charge in [-0.25, -0.2) is 0 Å². The maximum atomic E-state index is 3.65. The Hall–Kier alpha value is -0.120. The SMILES string of the molecule is CC[N+](C)(/C=C/C(Br)=C/C[N+](C)(CC)CC)CC. The first kappa shape index (κ1) is 17.9. The van der Waals surface area contributed by atoms with Gasteiger partial charge in [0.15, 0.2) is 0 Å². The number of nitrogens with zero attached hydrogens (tertiary/aromatic N) is 2. The molecule has 0 aromatic heterocycles. The van der Waals surface area contributed by atoms with E-state index in [0.717, 1.165) is 28.6 Å². The van der Waals surface area contributed by atoms with Crippen molar-refractivity contribution in [2.45, 2.75) is 27.7 Å². The van der Waals surface area contributed by atoms with E-state index in [-0.39, 0.29) is 0 Å². The molecule has 106 valence electrons. The van der Waals surface area contributed by atoms with E-state index in [1.807, 2.05) is 0 Å². The molecule has 2 nitrogen and oxygen atoms in total. The van der Waals surface area contributed by atoms with Crippen LogP contribution in [0.2, 0.25) is 0 Å². The number of quaternary nitrogens is 2. The summed E-state index contributed by atoms with van der Waals surface area (Å²) in [7, 11) is 4.56. The summed E-state index contributed by atoms with van der Waals surface area (Å²) in [6.45, 7) is 14.7. The average molecular weight is 319 g/mol. The molecule has 0 fully saturated rings. The molecule has 0 aromatic rings. The van der Waals surface area contributed by atoms with Crippen LogP contribution in [0.15, 0.2) is 22.8 Å². The van der Waals surface area contributed by atoms with E-state index in [1.165, 1.54) is 17.6 Å². The summed E-state index contributed by atoms with van der Waals surface area (Å²) in [6, 6.07) is 0. The van der Waals surface area contributed by atoms with E-state index in [0.29, 0.717) is 0 Å². The van der Waals surface area contributed by atoms with Gasteiger partial charge in [0.05, 0.1) is 53.0 Å². The third-order valence-electron chi connectivity index (χ3n) is 4.29. The van der Waals surface area contributed by atoms with Gasteiger partial charge in [0.1, 0.15) is 0 Å².